The van der Waals surface area contributed by atoms with E-state index in [-0.39, 0.29) is 0 Å². The quantitative estimate of drug-likeness (QED) is 0.0419. The van der Waals surface area contributed by atoms with Gasteiger partial charge in [-0.3, -0.25) is 0 Å². The molecule has 0 unspecified atom stereocenters. The van der Waals surface area contributed by atoms with Crippen LogP contribution in [0.5, 0.6) is 11.5 Å². The lowest BCUT2D eigenvalue weighted by molar-refractivity contribution is 0.312. The van der Waals surface area contributed by atoms with Crippen LogP contribution >= 0.6 is 0 Å². The number of unbranched alkanes of at least 4 members (excludes halogenated alkanes) is 22. The first-order valence-corrected chi connectivity index (χ1v) is 31.6. The van der Waals surface area contributed by atoms with Crippen LogP contribution in [0.4, 0.5) is 0 Å². The zero-order valence-electron chi connectivity index (χ0n) is 47.6. The van der Waals surface area contributed by atoms with E-state index < -0.39 is 0 Å². The number of hydrogen-bond donors (Lipinski definition) is 0. The molecule has 6 rings (SSSR count). The monoisotopic (exact) mass is 995 g/mol. The van der Waals surface area contributed by atoms with E-state index in [1.54, 1.807) is 0 Å². The molecule has 0 saturated heterocycles. The molecular weight excluding hydrogens is 889 g/mol. The lowest BCUT2D eigenvalue weighted by Gasteiger charge is -2.29. The molecular formula is C68H106N4O. The van der Waals surface area contributed by atoms with Crippen molar-refractivity contribution in [3.63, 3.8) is 0 Å². The minimum absolute atomic E-state index is 0.476. The van der Waals surface area contributed by atoms with Gasteiger partial charge in [-0.05, 0) is 173 Å². The van der Waals surface area contributed by atoms with Crippen molar-refractivity contribution in [2.24, 2.45) is 11.8 Å². The Bertz CT molecular complexity index is 1870. The fraction of sp³-hybridized carbons (Fsp3) is 0.706. The number of ether oxygens (including phenoxy) is 1. The summed E-state index contributed by atoms with van der Waals surface area (Å²) in [5.74, 6) is 6.54. The Kier molecular flexibility index (Phi) is 28.6. The SMILES string of the molecule is CCCCCCCCCCCCc1cnc(C2CCC(Cc3cc(CCCCC)ccc3Oc3ccc(CCCCC)cc3CC3CCC(c4ncc(CCCCCCCCCCCC)cn4)CC3)CC2)nc1. The van der Waals surface area contributed by atoms with Crippen LogP contribution in [0.1, 0.15) is 303 Å². The van der Waals surface area contributed by atoms with Gasteiger partial charge in [0.1, 0.15) is 23.1 Å². The first-order chi connectivity index (χ1) is 36.0. The van der Waals surface area contributed by atoms with Crippen LogP contribution in [0.3, 0.4) is 0 Å². The Hall–Kier alpha value is -3.60. The van der Waals surface area contributed by atoms with Gasteiger partial charge in [0.15, 0.2) is 0 Å². The molecule has 2 aliphatic rings. The average Bonchev–Trinajstić information content (AvgIpc) is 3.42. The summed E-state index contributed by atoms with van der Waals surface area (Å²) < 4.78 is 7.19. The van der Waals surface area contributed by atoms with Crippen molar-refractivity contribution in [1.29, 1.82) is 0 Å². The zero-order valence-corrected chi connectivity index (χ0v) is 47.6. The third-order valence-electron chi connectivity index (χ3n) is 17.1. The standard InChI is InChI=1S/C68H106N4O/c1-5-9-13-15-17-19-21-23-25-29-33-59-51-69-67(70-52-59)61-41-35-57(36-42-61)49-63-47-55(31-27-11-7-3)39-45-65(63)73-66-46-40-56(32-28-12-8-4)48-64(66)50-58-37-43-62(44-38-58)68-71-53-60(54-72-68)34-30-26-24-22-20-18-16-14-10-6-2/h39-40,45-48,51-54,57-58,61-62H,5-38,41-44,49-50H2,1-4H3. The molecule has 4 aromatic rings. The molecule has 2 heterocycles. The minimum Gasteiger partial charge on any atom is -0.457 e. The molecule has 2 aromatic heterocycles. The summed E-state index contributed by atoms with van der Waals surface area (Å²) in [5.41, 5.74) is 8.35. The van der Waals surface area contributed by atoms with Crippen molar-refractivity contribution in [3.8, 4) is 11.5 Å². The molecule has 5 heteroatoms. The number of benzene rings is 2. The highest BCUT2D eigenvalue weighted by Gasteiger charge is 2.28. The van der Waals surface area contributed by atoms with Gasteiger partial charge in [-0.1, -0.05) is 193 Å². The Labute approximate surface area is 448 Å². The number of aryl methyl sites for hydroxylation is 4. The van der Waals surface area contributed by atoms with E-state index in [2.05, 4.69) is 88.9 Å². The molecule has 2 saturated carbocycles. The van der Waals surface area contributed by atoms with Crippen molar-refractivity contribution in [2.75, 3.05) is 0 Å². The summed E-state index contributed by atoms with van der Waals surface area (Å²) in [7, 11) is 0. The minimum atomic E-state index is 0.476. The van der Waals surface area contributed by atoms with E-state index in [9.17, 15) is 0 Å². The lowest BCUT2D eigenvalue weighted by atomic mass is 9.78. The molecule has 0 amide bonds. The Morgan fingerprint density at radius 3 is 0.973 bits per heavy atom. The van der Waals surface area contributed by atoms with Gasteiger partial charge in [-0.2, -0.15) is 0 Å². The summed E-state index contributed by atoms with van der Waals surface area (Å²) in [6.45, 7) is 9.22. The number of rotatable bonds is 38. The van der Waals surface area contributed by atoms with E-state index in [1.807, 2.05) is 0 Å². The van der Waals surface area contributed by atoms with Crippen LogP contribution in [-0.4, -0.2) is 19.9 Å². The van der Waals surface area contributed by atoms with Gasteiger partial charge >= 0.3 is 0 Å². The normalized spacial score (nSPS) is 18.1. The van der Waals surface area contributed by atoms with E-state index in [0.29, 0.717) is 23.7 Å². The van der Waals surface area contributed by atoms with E-state index in [0.717, 1.165) is 61.7 Å². The second-order valence-electron chi connectivity index (χ2n) is 23.5. The van der Waals surface area contributed by atoms with Gasteiger partial charge in [-0.15, -0.1) is 0 Å². The summed E-state index contributed by atoms with van der Waals surface area (Å²) in [5, 5.41) is 0. The average molecular weight is 996 g/mol. The van der Waals surface area contributed by atoms with Gasteiger partial charge in [0.05, 0.1) is 0 Å². The van der Waals surface area contributed by atoms with Gasteiger partial charge in [0.25, 0.3) is 0 Å². The Morgan fingerprint density at radius 2 is 0.630 bits per heavy atom. The highest BCUT2D eigenvalue weighted by atomic mass is 16.5. The van der Waals surface area contributed by atoms with E-state index in [1.165, 1.54) is 252 Å². The predicted octanol–water partition coefficient (Wildman–Crippen LogP) is 20.5. The van der Waals surface area contributed by atoms with Crippen LogP contribution in [0.2, 0.25) is 0 Å². The second kappa shape index (κ2) is 35.6. The molecule has 0 radical (unpaired) electrons. The van der Waals surface area contributed by atoms with Gasteiger partial charge in [0, 0.05) is 36.6 Å². The maximum absolute atomic E-state index is 7.19. The van der Waals surface area contributed by atoms with Crippen molar-refractivity contribution >= 4 is 0 Å². The molecule has 5 nitrogen and oxygen atoms in total. The van der Waals surface area contributed by atoms with Gasteiger partial charge < -0.3 is 4.74 Å². The van der Waals surface area contributed by atoms with Crippen LogP contribution in [0.25, 0.3) is 0 Å². The molecule has 2 fully saturated rings. The molecule has 73 heavy (non-hydrogen) atoms. The van der Waals surface area contributed by atoms with Crippen molar-refractivity contribution in [1.82, 2.24) is 19.9 Å². The van der Waals surface area contributed by atoms with E-state index in [4.69, 9.17) is 24.7 Å². The third kappa shape index (κ3) is 22.3. The number of nitrogens with zero attached hydrogens (tertiary/aromatic N) is 4. The maximum atomic E-state index is 7.19. The summed E-state index contributed by atoms with van der Waals surface area (Å²) in [6, 6.07) is 14.4. The number of hydrogen-bond acceptors (Lipinski definition) is 5. The van der Waals surface area contributed by atoms with Gasteiger partial charge in [0.2, 0.25) is 0 Å². The third-order valence-corrected chi connectivity index (χ3v) is 17.1. The topological polar surface area (TPSA) is 60.8 Å². The highest BCUT2D eigenvalue weighted by Crippen LogP contribution is 2.41. The fourth-order valence-corrected chi connectivity index (χ4v) is 12.3. The molecule has 0 aliphatic heterocycles. The summed E-state index contributed by atoms with van der Waals surface area (Å²) in [6.07, 6.45) is 60.0. The maximum Gasteiger partial charge on any atom is 0.131 e. The van der Waals surface area contributed by atoms with Gasteiger partial charge in [-0.25, -0.2) is 19.9 Å². The first kappa shape index (κ1) is 58.7. The van der Waals surface area contributed by atoms with Crippen molar-refractivity contribution in [2.45, 2.75) is 296 Å². The van der Waals surface area contributed by atoms with E-state index >= 15 is 0 Å². The van der Waals surface area contributed by atoms with Crippen LogP contribution < -0.4 is 4.74 Å². The molecule has 0 atom stereocenters. The highest BCUT2D eigenvalue weighted by molar-refractivity contribution is 5.45. The predicted molar refractivity (Wildman–Crippen MR) is 311 cm³/mol. The summed E-state index contributed by atoms with van der Waals surface area (Å²) >= 11 is 0. The lowest BCUT2D eigenvalue weighted by Crippen LogP contribution is -2.18. The fourth-order valence-electron chi connectivity index (χ4n) is 12.3. The molecule has 404 valence electrons. The Balaban J connectivity index is 1.01. The van der Waals surface area contributed by atoms with Crippen LogP contribution in [0.15, 0.2) is 61.2 Å². The van der Waals surface area contributed by atoms with Crippen molar-refractivity contribution < 1.29 is 4.74 Å². The largest absolute Gasteiger partial charge is 0.457 e. The smallest absolute Gasteiger partial charge is 0.131 e. The van der Waals surface area contributed by atoms with Crippen molar-refractivity contribution in [3.05, 3.63) is 106 Å². The summed E-state index contributed by atoms with van der Waals surface area (Å²) in [4.78, 5) is 19.9. The van der Waals surface area contributed by atoms with Crippen LogP contribution in [-0.2, 0) is 38.5 Å². The molecule has 2 aliphatic carbocycles. The second-order valence-corrected chi connectivity index (χ2v) is 23.5. The molecule has 2 aromatic carbocycles. The number of aromatic nitrogens is 4. The molecule has 0 N–H and O–H groups in total. The first-order valence-electron chi connectivity index (χ1n) is 31.6. The molecule has 0 spiro atoms. The zero-order chi connectivity index (χ0) is 51.0. The molecule has 0 bridgehead atoms. The van der Waals surface area contributed by atoms with Crippen LogP contribution in [0, 0.1) is 11.8 Å². The Morgan fingerprint density at radius 1 is 0.342 bits per heavy atom.